The Bertz CT molecular complexity index is 1860. The number of hydrogen-bond acceptors (Lipinski definition) is 4. The first kappa shape index (κ1) is 33.4. The Hall–Kier alpha value is -3.53. The van der Waals surface area contributed by atoms with Crippen LogP contribution in [0.1, 0.15) is 86.3 Å². The van der Waals surface area contributed by atoms with Crippen LogP contribution in [0.4, 0.5) is 0 Å². The molecule has 7 heteroatoms. The molecule has 0 amide bonds. The van der Waals surface area contributed by atoms with Crippen LogP contribution >= 0.6 is 32.4 Å². The van der Waals surface area contributed by atoms with Crippen molar-refractivity contribution in [3.63, 3.8) is 0 Å². The third-order valence-electron chi connectivity index (χ3n) is 10.6. The molecule has 0 saturated heterocycles. The molecule has 4 aromatic rings. The Labute approximate surface area is 290 Å². The van der Waals surface area contributed by atoms with Gasteiger partial charge in [-0.25, -0.2) is 0 Å². The molecule has 2 aliphatic carbocycles. The number of hydrogen-bond donors (Lipinski definition) is 0. The molecule has 0 aromatic heterocycles. The fourth-order valence-electron chi connectivity index (χ4n) is 7.90. The molecule has 0 spiro atoms. The van der Waals surface area contributed by atoms with Crippen molar-refractivity contribution in [2.75, 3.05) is 6.16 Å². The third-order valence-corrected chi connectivity index (χ3v) is 12.4. The van der Waals surface area contributed by atoms with Crippen molar-refractivity contribution in [2.24, 2.45) is 11.8 Å². The van der Waals surface area contributed by atoms with Gasteiger partial charge in [0.15, 0.2) is 0 Å². The van der Waals surface area contributed by atoms with Gasteiger partial charge in [-0.2, -0.15) is 10.5 Å². The number of nitriles is 2. The van der Waals surface area contributed by atoms with Gasteiger partial charge in [0, 0.05) is 11.0 Å². The summed E-state index contributed by atoms with van der Waals surface area (Å²) in [7, 11) is 2.66. The maximum absolute atomic E-state index is 10.0. The first-order valence-electron chi connectivity index (χ1n) is 16.3. The molecule has 2 fully saturated rings. The van der Waals surface area contributed by atoms with Crippen LogP contribution in [0, 0.1) is 34.5 Å². The molecule has 6 rings (SSSR count). The van der Waals surface area contributed by atoms with E-state index >= 15 is 0 Å². The normalized spacial score (nSPS) is 22.5. The highest BCUT2D eigenvalue weighted by Gasteiger charge is 2.52. The zero-order valence-electron chi connectivity index (χ0n) is 27.0. The highest BCUT2D eigenvalue weighted by molar-refractivity contribution is 7.16. The molecule has 0 heterocycles. The van der Waals surface area contributed by atoms with E-state index < -0.39 is 10.5 Å². The third kappa shape index (κ3) is 6.02. The minimum atomic E-state index is -0.708. The molecule has 4 nitrogen and oxygen atoms in total. The van der Waals surface area contributed by atoms with Crippen molar-refractivity contribution < 1.29 is 9.47 Å². The lowest BCUT2D eigenvalue weighted by Crippen LogP contribution is -2.34. The van der Waals surface area contributed by atoms with E-state index in [1.807, 2.05) is 56.3 Å². The molecule has 0 N–H and O–H groups in total. The summed E-state index contributed by atoms with van der Waals surface area (Å²) in [6, 6.07) is 32.7. The summed E-state index contributed by atoms with van der Waals surface area (Å²) >= 11 is 13.1. The topological polar surface area (TPSA) is 66.0 Å². The van der Waals surface area contributed by atoms with Crippen LogP contribution < -0.4 is 9.47 Å². The van der Waals surface area contributed by atoms with Crippen molar-refractivity contribution in [3.8, 4) is 29.4 Å². The van der Waals surface area contributed by atoms with Gasteiger partial charge in [0.25, 0.3) is 0 Å². The fraction of sp³-hybridized carbons (Fsp3) is 0.350. The Morgan fingerprint density at radius 1 is 0.851 bits per heavy atom. The van der Waals surface area contributed by atoms with E-state index in [2.05, 4.69) is 64.7 Å². The summed E-state index contributed by atoms with van der Waals surface area (Å²) in [5.41, 5.74) is 4.25. The van der Waals surface area contributed by atoms with Crippen LogP contribution in [-0.2, 0) is 15.9 Å². The van der Waals surface area contributed by atoms with Crippen molar-refractivity contribution in [2.45, 2.75) is 68.8 Å². The van der Waals surface area contributed by atoms with Crippen LogP contribution in [-0.4, -0.2) is 6.16 Å². The molecule has 6 unspecified atom stereocenters. The van der Waals surface area contributed by atoms with E-state index in [1.54, 1.807) is 6.07 Å². The van der Waals surface area contributed by atoms with E-state index in [9.17, 15) is 10.5 Å². The summed E-state index contributed by atoms with van der Waals surface area (Å²) in [5, 5.41) is 20.3. The van der Waals surface area contributed by atoms with Crippen LogP contribution in [0.3, 0.4) is 0 Å². The molecule has 0 aliphatic heterocycles. The number of rotatable bonds is 10. The minimum absolute atomic E-state index is 0.0913. The molecule has 2 saturated carbocycles. The molecule has 6 atom stereocenters. The molecular weight excluding hydrogens is 642 g/mol. The van der Waals surface area contributed by atoms with Crippen molar-refractivity contribution >= 4 is 32.4 Å². The van der Waals surface area contributed by atoms with Gasteiger partial charge in [-0.1, -0.05) is 73.5 Å². The van der Waals surface area contributed by atoms with E-state index in [-0.39, 0.29) is 5.41 Å². The number of ether oxygens (including phenoxy) is 2. The minimum Gasteiger partial charge on any atom is -0.483 e. The summed E-state index contributed by atoms with van der Waals surface area (Å²) in [4.78, 5) is -0.683. The average molecular weight is 682 g/mol. The molecule has 0 radical (unpaired) electrons. The molecule has 4 aromatic carbocycles. The SMILES string of the molecule is CCC(C)(Oc1ccc(C2(c3ccc(Oc4cccc(C(C)(Cl)CP)c4C#N)cc3)CC3CCC2C3)cc1)c1cccc(Cl)c1C#N. The van der Waals surface area contributed by atoms with Crippen LogP contribution in [0.2, 0.25) is 5.02 Å². The summed E-state index contributed by atoms with van der Waals surface area (Å²) < 4.78 is 12.9. The van der Waals surface area contributed by atoms with Gasteiger partial charge < -0.3 is 9.47 Å². The first-order valence-corrected chi connectivity index (χ1v) is 17.9. The Kier molecular flexibility index (Phi) is 9.35. The van der Waals surface area contributed by atoms with Gasteiger partial charge in [-0.05, 0) is 111 Å². The van der Waals surface area contributed by atoms with Crippen LogP contribution in [0.15, 0.2) is 84.9 Å². The van der Waals surface area contributed by atoms with E-state index in [1.165, 1.54) is 30.4 Å². The van der Waals surface area contributed by atoms with E-state index in [4.69, 9.17) is 32.7 Å². The lowest BCUT2D eigenvalue weighted by molar-refractivity contribution is 0.0822. The predicted octanol–water partition coefficient (Wildman–Crippen LogP) is 11.0. The summed E-state index contributed by atoms with van der Waals surface area (Å²) in [6.45, 7) is 5.99. The van der Waals surface area contributed by atoms with Gasteiger partial charge in [0.05, 0.1) is 21.0 Å². The second-order valence-electron chi connectivity index (χ2n) is 13.4. The maximum atomic E-state index is 10.0. The van der Waals surface area contributed by atoms with Crippen LogP contribution in [0.5, 0.6) is 17.2 Å². The molecule has 2 aliphatic rings. The number of fused-ring (bicyclic) bond motifs is 2. The average Bonchev–Trinajstić information content (AvgIpc) is 3.71. The van der Waals surface area contributed by atoms with Gasteiger partial charge in [0.1, 0.15) is 35.0 Å². The number of benzene rings is 4. The van der Waals surface area contributed by atoms with Gasteiger partial charge in [0.2, 0.25) is 0 Å². The summed E-state index contributed by atoms with van der Waals surface area (Å²) in [6.07, 6.45) is 6.14. The van der Waals surface area contributed by atoms with Crippen LogP contribution in [0.25, 0.3) is 0 Å². The highest BCUT2D eigenvalue weighted by Crippen LogP contribution is 2.60. The zero-order valence-corrected chi connectivity index (χ0v) is 29.7. The van der Waals surface area contributed by atoms with E-state index in [0.717, 1.165) is 23.3 Å². The number of halogens is 2. The smallest absolute Gasteiger partial charge is 0.145 e. The maximum Gasteiger partial charge on any atom is 0.145 e. The quantitative estimate of drug-likeness (QED) is 0.123. The highest BCUT2D eigenvalue weighted by atomic mass is 35.5. The Morgan fingerprint density at radius 3 is 2.02 bits per heavy atom. The van der Waals surface area contributed by atoms with Gasteiger partial charge in [-0.15, -0.1) is 20.8 Å². The van der Waals surface area contributed by atoms with Crippen molar-refractivity contribution in [1.82, 2.24) is 0 Å². The monoisotopic (exact) mass is 680 g/mol. The first-order chi connectivity index (χ1) is 22.6. The molecule has 240 valence electrons. The lowest BCUT2D eigenvalue weighted by Gasteiger charge is -2.39. The Morgan fingerprint density at radius 2 is 1.47 bits per heavy atom. The largest absolute Gasteiger partial charge is 0.483 e. The molecule has 47 heavy (non-hydrogen) atoms. The van der Waals surface area contributed by atoms with Gasteiger partial charge in [-0.3, -0.25) is 0 Å². The second kappa shape index (κ2) is 13.2. The predicted molar refractivity (Wildman–Crippen MR) is 193 cm³/mol. The lowest BCUT2D eigenvalue weighted by atomic mass is 9.64. The standard InChI is InChI=1S/C40H39Cl2N2O2P/c1-4-39(3,35-8-5-9-36(41)32(35)23-43)46-31-19-15-28(16-20-31)40(22-26-11-12-29(40)21-26)27-13-17-30(18-14-27)45-37-10-6-7-34(33(37)24-44)38(2,42)25-47/h5-10,13-20,26,29H,4,11-12,21-22,25,47H2,1-3H3. The van der Waals surface area contributed by atoms with Gasteiger partial charge >= 0.3 is 0 Å². The van der Waals surface area contributed by atoms with E-state index in [0.29, 0.717) is 52.1 Å². The number of alkyl halides is 1. The summed E-state index contributed by atoms with van der Waals surface area (Å²) in [5.74, 6) is 3.22. The molecule has 2 bridgehead atoms. The van der Waals surface area contributed by atoms with Crippen molar-refractivity contribution in [1.29, 1.82) is 10.5 Å². The Balaban J connectivity index is 1.29. The second-order valence-corrected chi connectivity index (χ2v) is 15.0. The molecular formula is C40H39Cl2N2O2P. The fourth-order valence-corrected chi connectivity index (χ4v) is 8.50. The van der Waals surface area contributed by atoms with Crippen molar-refractivity contribution in [3.05, 3.63) is 123 Å². The number of nitrogens with zero attached hydrogens (tertiary/aromatic N) is 2. The zero-order chi connectivity index (χ0) is 33.4.